The fourth-order valence-corrected chi connectivity index (χ4v) is 4.00. The third-order valence-electron chi connectivity index (χ3n) is 4.08. The maximum absolute atomic E-state index is 12.4. The monoisotopic (exact) mass is 345 g/mol. The van der Waals surface area contributed by atoms with Crippen LogP contribution in [0.5, 0.6) is 0 Å². The van der Waals surface area contributed by atoms with E-state index in [1.54, 1.807) is 0 Å². The molecule has 1 aromatic rings. The molecule has 0 aliphatic carbocycles. The van der Waals surface area contributed by atoms with Gasteiger partial charge in [0.2, 0.25) is 0 Å². The van der Waals surface area contributed by atoms with Crippen molar-refractivity contribution in [1.82, 2.24) is 13.9 Å². The van der Waals surface area contributed by atoms with Crippen molar-refractivity contribution in [3.8, 4) is 0 Å². The molecule has 1 aromatic heterocycles. The van der Waals surface area contributed by atoms with E-state index in [1.807, 2.05) is 32.9 Å². The minimum absolute atomic E-state index is 0.127. The number of furan rings is 1. The Balaban J connectivity index is 2.11. The third kappa shape index (κ3) is 4.77. The van der Waals surface area contributed by atoms with Crippen LogP contribution in [-0.2, 0) is 14.9 Å². The quantitative estimate of drug-likeness (QED) is 0.765. The molecule has 8 heteroatoms. The predicted octanol–water partition coefficient (Wildman–Crippen LogP) is 1.14. The number of nitrogens with zero attached hydrogens (tertiary/aromatic N) is 2. The van der Waals surface area contributed by atoms with Crippen molar-refractivity contribution in [2.75, 3.05) is 45.9 Å². The van der Waals surface area contributed by atoms with Crippen LogP contribution >= 0.6 is 0 Å². The summed E-state index contributed by atoms with van der Waals surface area (Å²) in [6, 6.07) is 3.70. The van der Waals surface area contributed by atoms with Crippen LogP contribution in [0.15, 0.2) is 16.5 Å². The molecule has 132 valence electrons. The number of nitrogens with one attached hydrogen (secondary N) is 1. The van der Waals surface area contributed by atoms with E-state index in [0.717, 1.165) is 24.6 Å². The fourth-order valence-electron chi connectivity index (χ4n) is 2.77. The molecule has 2 heterocycles. The van der Waals surface area contributed by atoms with Crippen LogP contribution < -0.4 is 4.72 Å². The van der Waals surface area contributed by atoms with Gasteiger partial charge in [-0.1, -0.05) is 13.8 Å². The highest BCUT2D eigenvalue weighted by Gasteiger charge is 2.28. The van der Waals surface area contributed by atoms with Crippen molar-refractivity contribution in [1.29, 1.82) is 0 Å². The number of rotatable bonds is 8. The second-order valence-electron chi connectivity index (χ2n) is 5.55. The molecule has 2 rings (SSSR count). The maximum atomic E-state index is 12.4. The molecule has 1 fully saturated rings. The molecule has 0 saturated carbocycles. The summed E-state index contributed by atoms with van der Waals surface area (Å²) in [6.07, 6.45) is 0. The van der Waals surface area contributed by atoms with E-state index in [1.165, 1.54) is 4.31 Å². The topological polar surface area (TPSA) is 75.0 Å². The minimum atomic E-state index is -3.47. The second-order valence-corrected chi connectivity index (χ2v) is 7.31. The Labute approximate surface area is 138 Å². The summed E-state index contributed by atoms with van der Waals surface area (Å²) in [7, 11) is -3.47. The lowest BCUT2D eigenvalue weighted by atomic mass is 10.2. The van der Waals surface area contributed by atoms with Crippen LogP contribution in [-0.4, -0.2) is 63.6 Å². The zero-order valence-corrected chi connectivity index (χ0v) is 14.9. The number of morpholine rings is 1. The van der Waals surface area contributed by atoms with Gasteiger partial charge in [0.25, 0.3) is 10.2 Å². The normalized spacial score (nSPS) is 18.4. The predicted molar refractivity (Wildman–Crippen MR) is 88.4 cm³/mol. The molecule has 0 amide bonds. The Kier molecular flexibility index (Phi) is 6.60. The van der Waals surface area contributed by atoms with Crippen molar-refractivity contribution in [2.24, 2.45) is 0 Å². The van der Waals surface area contributed by atoms with Crippen LogP contribution in [0, 0.1) is 6.92 Å². The lowest BCUT2D eigenvalue weighted by molar-refractivity contribution is 0.0126. The van der Waals surface area contributed by atoms with Gasteiger partial charge in [-0.2, -0.15) is 12.7 Å². The maximum Gasteiger partial charge on any atom is 0.279 e. The first-order valence-corrected chi connectivity index (χ1v) is 9.54. The largest absolute Gasteiger partial charge is 0.465 e. The number of hydrogen-bond acceptors (Lipinski definition) is 5. The van der Waals surface area contributed by atoms with E-state index >= 15 is 0 Å². The number of hydrogen-bond donors (Lipinski definition) is 1. The fraction of sp³-hybridized carbons (Fsp3) is 0.733. The van der Waals surface area contributed by atoms with Gasteiger partial charge in [-0.15, -0.1) is 0 Å². The van der Waals surface area contributed by atoms with Gasteiger partial charge in [-0.05, 0) is 19.1 Å². The molecule has 0 bridgehead atoms. The molecule has 1 aliphatic rings. The minimum Gasteiger partial charge on any atom is -0.465 e. The van der Waals surface area contributed by atoms with Gasteiger partial charge in [0.05, 0.1) is 19.3 Å². The average Bonchev–Trinajstić information content (AvgIpc) is 2.95. The van der Waals surface area contributed by atoms with Crippen molar-refractivity contribution in [3.63, 3.8) is 0 Å². The Hall–Kier alpha value is -0.930. The summed E-state index contributed by atoms with van der Waals surface area (Å²) in [5.41, 5.74) is 0. The lowest BCUT2D eigenvalue weighted by Crippen LogP contribution is -2.47. The van der Waals surface area contributed by atoms with Crippen molar-refractivity contribution < 1.29 is 17.6 Å². The first-order valence-electron chi connectivity index (χ1n) is 8.10. The molecule has 1 atom stereocenters. The molecular weight excluding hydrogens is 318 g/mol. The number of aryl methyl sites for hydroxylation is 1. The van der Waals surface area contributed by atoms with Crippen molar-refractivity contribution in [2.45, 2.75) is 26.8 Å². The van der Waals surface area contributed by atoms with Gasteiger partial charge in [-0.3, -0.25) is 4.90 Å². The van der Waals surface area contributed by atoms with Gasteiger partial charge >= 0.3 is 0 Å². The zero-order valence-electron chi connectivity index (χ0n) is 14.1. The van der Waals surface area contributed by atoms with E-state index in [0.29, 0.717) is 26.3 Å². The SMILES string of the molecule is CCN(CC)S(=O)(=O)NCC(c1ccc(C)o1)N1CCOCC1. The third-order valence-corrected chi connectivity index (χ3v) is 5.81. The van der Waals surface area contributed by atoms with Crippen LogP contribution in [0.4, 0.5) is 0 Å². The molecule has 1 N–H and O–H groups in total. The highest BCUT2D eigenvalue weighted by molar-refractivity contribution is 7.87. The summed E-state index contributed by atoms with van der Waals surface area (Å²) >= 11 is 0. The first kappa shape index (κ1) is 18.4. The first-order chi connectivity index (χ1) is 11.0. The molecule has 7 nitrogen and oxygen atoms in total. The summed E-state index contributed by atoms with van der Waals surface area (Å²) in [4.78, 5) is 2.20. The Bertz CT molecular complexity index is 577. The molecular formula is C15H27N3O4S. The van der Waals surface area contributed by atoms with Crippen LogP contribution in [0.3, 0.4) is 0 Å². The van der Waals surface area contributed by atoms with E-state index in [4.69, 9.17) is 9.15 Å². The van der Waals surface area contributed by atoms with E-state index in [9.17, 15) is 8.42 Å². The smallest absolute Gasteiger partial charge is 0.279 e. The van der Waals surface area contributed by atoms with Crippen molar-refractivity contribution in [3.05, 3.63) is 23.7 Å². The van der Waals surface area contributed by atoms with Gasteiger partial charge in [0.15, 0.2) is 0 Å². The highest BCUT2D eigenvalue weighted by atomic mass is 32.2. The Morgan fingerprint density at radius 2 is 1.91 bits per heavy atom. The van der Waals surface area contributed by atoms with E-state index < -0.39 is 10.2 Å². The highest BCUT2D eigenvalue weighted by Crippen LogP contribution is 2.23. The molecule has 23 heavy (non-hydrogen) atoms. The van der Waals surface area contributed by atoms with Gasteiger partial charge in [-0.25, -0.2) is 4.72 Å². The van der Waals surface area contributed by atoms with Crippen LogP contribution in [0.1, 0.15) is 31.4 Å². The van der Waals surface area contributed by atoms with Gasteiger partial charge < -0.3 is 9.15 Å². The van der Waals surface area contributed by atoms with Gasteiger partial charge in [0.1, 0.15) is 11.5 Å². The zero-order chi connectivity index (χ0) is 16.9. The van der Waals surface area contributed by atoms with Crippen LogP contribution in [0.25, 0.3) is 0 Å². The molecule has 1 saturated heterocycles. The van der Waals surface area contributed by atoms with E-state index in [2.05, 4.69) is 9.62 Å². The van der Waals surface area contributed by atoms with E-state index in [-0.39, 0.29) is 12.6 Å². The average molecular weight is 345 g/mol. The van der Waals surface area contributed by atoms with Gasteiger partial charge in [0, 0.05) is 32.7 Å². The molecule has 0 spiro atoms. The molecule has 0 radical (unpaired) electrons. The summed E-state index contributed by atoms with van der Waals surface area (Å²) in [6.45, 7) is 9.57. The van der Waals surface area contributed by atoms with Crippen LogP contribution in [0.2, 0.25) is 0 Å². The lowest BCUT2D eigenvalue weighted by Gasteiger charge is -2.33. The standard InChI is InChI=1S/C15H27N3O4S/c1-4-18(5-2)23(19,20)16-12-14(15-7-6-13(3)22-15)17-8-10-21-11-9-17/h6-7,14,16H,4-5,8-12H2,1-3H3. The second kappa shape index (κ2) is 8.25. The number of ether oxygens (including phenoxy) is 1. The Morgan fingerprint density at radius 3 is 2.43 bits per heavy atom. The summed E-state index contributed by atoms with van der Waals surface area (Å²) < 4.78 is 40.0. The summed E-state index contributed by atoms with van der Waals surface area (Å²) in [5, 5.41) is 0. The summed E-state index contributed by atoms with van der Waals surface area (Å²) in [5.74, 6) is 1.61. The molecule has 1 unspecified atom stereocenters. The van der Waals surface area contributed by atoms with Crippen molar-refractivity contribution >= 4 is 10.2 Å². The Morgan fingerprint density at radius 1 is 1.26 bits per heavy atom. The molecule has 0 aromatic carbocycles. The molecule has 1 aliphatic heterocycles.